The van der Waals surface area contributed by atoms with Crippen molar-refractivity contribution in [2.45, 2.75) is 19.5 Å². The highest BCUT2D eigenvalue weighted by molar-refractivity contribution is 7.09. The molecule has 0 aromatic carbocycles. The van der Waals surface area contributed by atoms with Gasteiger partial charge in [-0.05, 0) is 18.6 Å². The summed E-state index contributed by atoms with van der Waals surface area (Å²) in [4.78, 5) is 20.1. The van der Waals surface area contributed by atoms with Gasteiger partial charge in [0.05, 0.1) is 6.04 Å². The van der Waals surface area contributed by atoms with E-state index in [1.54, 1.807) is 17.8 Å². The van der Waals surface area contributed by atoms with Crippen molar-refractivity contribution in [1.29, 1.82) is 0 Å². The Bertz CT molecular complexity index is 535. The van der Waals surface area contributed by atoms with E-state index < -0.39 is 0 Å². The molecule has 5 nitrogen and oxygen atoms in total. The molecule has 0 aliphatic rings. The number of thiazole rings is 1. The molecule has 2 aromatic rings. The van der Waals surface area contributed by atoms with E-state index in [4.69, 9.17) is 5.73 Å². The molecule has 0 aliphatic heterocycles. The number of amides is 1. The number of halogens is 2. The van der Waals surface area contributed by atoms with Crippen molar-refractivity contribution in [3.8, 4) is 0 Å². The zero-order valence-corrected chi connectivity index (χ0v) is 13.2. The maximum absolute atomic E-state index is 11.9. The average molecular weight is 335 g/mol. The monoisotopic (exact) mass is 334 g/mol. The van der Waals surface area contributed by atoms with Crippen LogP contribution in [0, 0.1) is 0 Å². The van der Waals surface area contributed by atoms with E-state index in [-0.39, 0.29) is 36.8 Å². The fourth-order valence-electron chi connectivity index (χ4n) is 1.49. The Hall–Kier alpha value is -1.21. The lowest BCUT2D eigenvalue weighted by Gasteiger charge is -2.12. The maximum atomic E-state index is 11.9. The standard InChI is InChI=1S/C12H14N4OS.2ClH/c1-8(9-3-2-4-14-6-9)15-12(17)10-7-18-11(5-13)16-10;;/h2-4,6-8H,5,13H2,1H3,(H,15,17);2*1H/t8-;;/m0../s1. The Morgan fingerprint density at radius 3 is 2.80 bits per heavy atom. The number of hydrogen-bond acceptors (Lipinski definition) is 5. The molecule has 0 spiro atoms. The van der Waals surface area contributed by atoms with Crippen LogP contribution in [0.2, 0.25) is 0 Å². The summed E-state index contributed by atoms with van der Waals surface area (Å²) in [7, 11) is 0. The SMILES string of the molecule is C[C@H](NC(=O)c1csc(CN)n1)c1cccnc1.Cl.Cl. The van der Waals surface area contributed by atoms with E-state index in [1.165, 1.54) is 11.3 Å². The molecule has 110 valence electrons. The van der Waals surface area contributed by atoms with E-state index in [0.29, 0.717) is 12.2 Å². The van der Waals surface area contributed by atoms with Crippen molar-refractivity contribution >= 4 is 42.1 Å². The molecule has 20 heavy (non-hydrogen) atoms. The van der Waals surface area contributed by atoms with Gasteiger partial charge in [-0.15, -0.1) is 36.2 Å². The van der Waals surface area contributed by atoms with Gasteiger partial charge in [-0.25, -0.2) is 4.98 Å². The van der Waals surface area contributed by atoms with Gasteiger partial charge in [0.25, 0.3) is 5.91 Å². The van der Waals surface area contributed by atoms with Crippen molar-refractivity contribution in [1.82, 2.24) is 15.3 Å². The molecule has 1 atom stereocenters. The average Bonchev–Trinajstić information content (AvgIpc) is 2.88. The highest BCUT2D eigenvalue weighted by Gasteiger charge is 2.14. The van der Waals surface area contributed by atoms with Gasteiger partial charge in [-0.2, -0.15) is 0 Å². The Labute approximate surface area is 133 Å². The smallest absolute Gasteiger partial charge is 0.271 e. The number of aromatic nitrogens is 2. The van der Waals surface area contributed by atoms with E-state index >= 15 is 0 Å². The van der Waals surface area contributed by atoms with Crippen LogP contribution in [0.15, 0.2) is 29.9 Å². The van der Waals surface area contributed by atoms with Crippen LogP contribution in [-0.4, -0.2) is 15.9 Å². The minimum absolute atomic E-state index is 0. The van der Waals surface area contributed by atoms with Crippen LogP contribution >= 0.6 is 36.2 Å². The molecular weight excluding hydrogens is 319 g/mol. The molecule has 0 radical (unpaired) electrons. The third-order valence-corrected chi connectivity index (χ3v) is 3.36. The van der Waals surface area contributed by atoms with Crippen LogP contribution in [0.3, 0.4) is 0 Å². The largest absolute Gasteiger partial charge is 0.344 e. The van der Waals surface area contributed by atoms with Crippen LogP contribution < -0.4 is 11.1 Å². The molecule has 0 fully saturated rings. The molecule has 2 heterocycles. The van der Waals surface area contributed by atoms with Gasteiger partial charge in [-0.3, -0.25) is 9.78 Å². The number of nitrogens with zero attached hydrogens (tertiary/aromatic N) is 2. The highest BCUT2D eigenvalue weighted by atomic mass is 35.5. The van der Waals surface area contributed by atoms with Gasteiger partial charge < -0.3 is 11.1 Å². The zero-order chi connectivity index (χ0) is 13.0. The number of hydrogen-bond donors (Lipinski definition) is 2. The predicted molar refractivity (Wildman–Crippen MR) is 84.6 cm³/mol. The minimum Gasteiger partial charge on any atom is -0.344 e. The van der Waals surface area contributed by atoms with Crippen molar-refractivity contribution in [2.24, 2.45) is 5.73 Å². The normalized spacial score (nSPS) is 10.9. The third-order valence-electron chi connectivity index (χ3n) is 2.49. The summed E-state index contributed by atoms with van der Waals surface area (Å²) in [6.45, 7) is 2.27. The zero-order valence-electron chi connectivity index (χ0n) is 10.8. The first-order valence-corrected chi connectivity index (χ1v) is 6.44. The van der Waals surface area contributed by atoms with Crippen LogP contribution in [0.25, 0.3) is 0 Å². The number of carbonyl (C=O) groups is 1. The van der Waals surface area contributed by atoms with Crippen LogP contribution in [0.4, 0.5) is 0 Å². The van der Waals surface area contributed by atoms with Gasteiger partial charge in [0.1, 0.15) is 10.7 Å². The number of nitrogens with two attached hydrogens (primary N) is 1. The third kappa shape index (κ3) is 4.72. The molecule has 0 saturated carbocycles. The molecule has 0 unspecified atom stereocenters. The first-order chi connectivity index (χ1) is 8.70. The summed E-state index contributed by atoms with van der Waals surface area (Å²) in [5.74, 6) is -0.192. The summed E-state index contributed by atoms with van der Waals surface area (Å²) in [6, 6.07) is 3.66. The Kier molecular flexibility index (Phi) is 8.33. The molecule has 0 saturated heterocycles. The predicted octanol–water partition coefficient (Wildman–Crippen LogP) is 2.33. The summed E-state index contributed by atoms with van der Waals surface area (Å²) in [5, 5.41) is 5.35. The van der Waals surface area contributed by atoms with Crippen LogP contribution in [0.1, 0.15) is 34.0 Å². The summed E-state index contributed by atoms with van der Waals surface area (Å²) >= 11 is 1.39. The lowest BCUT2D eigenvalue weighted by atomic mass is 10.1. The molecular formula is C12H16Cl2N4OS. The van der Waals surface area contributed by atoms with Crippen molar-refractivity contribution in [2.75, 3.05) is 0 Å². The second kappa shape index (κ2) is 8.86. The summed E-state index contributed by atoms with van der Waals surface area (Å²) < 4.78 is 0. The van der Waals surface area contributed by atoms with Gasteiger partial charge in [0.15, 0.2) is 0 Å². The van der Waals surface area contributed by atoms with E-state index in [1.807, 2.05) is 19.1 Å². The molecule has 8 heteroatoms. The van der Waals surface area contributed by atoms with Crippen molar-refractivity contribution < 1.29 is 4.79 Å². The maximum Gasteiger partial charge on any atom is 0.271 e. The van der Waals surface area contributed by atoms with Crippen molar-refractivity contribution in [3.63, 3.8) is 0 Å². The molecule has 3 N–H and O–H groups in total. The number of rotatable bonds is 4. The van der Waals surface area contributed by atoms with E-state index in [9.17, 15) is 4.79 Å². The fraction of sp³-hybridized carbons (Fsp3) is 0.250. The van der Waals surface area contributed by atoms with Crippen LogP contribution in [-0.2, 0) is 6.54 Å². The highest BCUT2D eigenvalue weighted by Crippen LogP contribution is 2.13. The lowest BCUT2D eigenvalue weighted by molar-refractivity contribution is 0.0935. The van der Waals surface area contributed by atoms with Crippen LogP contribution in [0.5, 0.6) is 0 Å². The quantitative estimate of drug-likeness (QED) is 0.899. The number of nitrogens with one attached hydrogen (secondary N) is 1. The Morgan fingerprint density at radius 2 is 2.25 bits per heavy atom. The first kappa shape index (κ1) is 18.8. The number of carbonyl (C=O) groups excluding carboxylic acids is 1. The topological polar surface area (TPSA) is 80.9 Å². The molecule has 2 aromatic heterocycles. The van der Waals surface area contributed by atoms with E-state index in [0.717, 1.165) is 10.6 Å². The van der Waals surface area contributed by atoms with Crippen molar-refractivity contribution in [3.05, 3.63) is 46.2 Å². The molecule has 0 aliphatic carbocycles. The second-order valence-corrected chi connectivity index (χ2v) is 4.75. The van der Waals surface area contributed by atoms with Gasteiger partial charge in [0.2, 0.25) is 0 Å². The summed E-state index contributed by atoms with van der Waals surface area (Å²) in [5.41, 5.74) is 6.84. The van der Waals surface area contributed by atoms with Gasteiger partial charge >= 0.3 is 0 Å². The second-order valence-electron chi connectivity index (χ2n) is 3.81. The minimum atomic E-state index is -0.192. The summed E-state index contributed by atoms with van der Waals surface area (Å²) in [6.07, 6.45) is 3.43. The van der Waals surface area contributed by atoms with Gasteiger partial charge in [-0.1, -0.05) is 6.07 Å². The Balaban J connectivity index is 0.00000180. The van der Waals surface area contributed by atoms with E-state index in [2.05, 4.69) is 15.3 Å². The fourth-order valence-corrected chi connectivity index (χ4v) is 2.15. The Morgan fingerprint density at radius 1 is 1.50 bits per heavy atom. The van der Waals surface area contributed by atoms with Gasteiger partial charge in [0, 0.05) is 24.3 Å². The first-order valence-electron chi connectivity index (χ1n) is 5.56. The molecule has 0 bridgehead atoms. The molecule has 2 rings (SSSR count). The lowest BCUT2D eigenvalue weighted by Crippen LogP contribution is -2.27. The molecule has 1 amide bonds. The number of pyridine rings is 1.